The maximum absolute atomic E-state index is 12.4. The Morgan fingerprint density at radius 1 is 0.773 bits per heavy atom. The van der Waals surface area contributed by atoms with Crippen LogP contribution in [0.4, 0.5) is 0 Å². The van der Waals surface area contributed by atoms with Gasteiger partial charge in [-0.15, -0.1) is 0 Å². The number of rotatable bonds is 1. The molecule has 0 aliphatic heterocycles. The molecule has 0 N–H and O–H groups in total. The number of benzene rings is 3. The van der Waals surface area contributed by atoms with Crippen molar-refractivity contribution in [3.05, 3.63) is 82.7 Å². The van der Waals surface area contributed by atoms with Crippen LogP contribution in [0.2, 0.25) is 0 Å². The largest absolute Gasteiger partial charge is 0.422 e. The summed E-state index contributed by atoms with van der Waals surface area (Å²) in [6.45, 7) is 2.03. The van der Waals surface area contributed by atoms with Crippen LogP contribution in [0.25, 0.3) is 32.9 Å². The van der Waals surface area contributed by atoms with Gasteiger partial charge >= 0.3 is 5.63 Å². The van der Waals surface area contributed by atoms with Gasteiger partial charge in [0.25, 0.3) is 0 Å². The highest BCUT2D eigenvalue weighted by Gasteiger charge is 2.10. The Labute approximate surface area is 127 Å². The molecule has 106 valence electrons. The van der Waals surface area contributed by atoms with Gasteiger partial charge in [-0.2, -0.15) is 0 Å². The molecule has 4 rings (SSSR count). The molecule has 3 aromatic carbocycles. The van der Waals surface area contributed by atoms with Crippen LogP contribution in [0.15, 0.2) is 75.9 Å². The zero-order valence-corrected chi connectivity index (χ0v) is 12.2. The normalized spacial score (nSPS) is 11.1. The quantitative estimate of drug-likeness (QED) is 0.465. The molecular weight excluding hydrogens is 272 g/mol. The summed E-state index contributed by atoms with van der Waals surface area (Å²) in [5.41, 5.74) is 2.99. The number of hydrogen-bond donors (Lipinski definition) is 0. The van der Waals surface area contributed by atoms with E-state index in [1.54, 1.807) is 0 Å². The zero-order valence-electron chi connectivity index (χ0n) is 12.2. The van der Waals surface area contributed by atoms with Gasteiger partial charge in [0.15, 0.2) is 0 Å². The van der Waals surface area contributed by atoms with Crippen molar-refractivity contribution >= 4 is 21.7 Å². The Kier molecular flexibility index (Phi) is 2.83. The van der Waals surface area contributed by atoms with Crippen LogP contribution >= 0.6 is 0 Å². The van der Waals surface area contributed by atoms with Crippen LogP contribution in [-0.4, -0.2) is 0 Å². The van der Waals surface area contributed by atoms with E-state index in [1.807, 2.05) is 73.7 Å². The fraction of sp³-hybridized carbons (Fsp3) is 0.0500. The molecule has 0 bridgehead atoms. The monoisotopic (exact) mass is 286 g/mol. The molecule has 2 nitrogen and oxygen atoms in total. The van der Waals surface area contributed by atoms with Crippen molar-refractivity contribution in [2.24, 2.45) is 0 Å². The first-order valence-electron chi connectivity index (χ1n) is 7.25. The molecule has 0 saturated carbocycles. The molecule has 4 aromatic rings. The highest BCUT2D eigenvalue weighted by Crippen LogP contribution is 2.28. The lowest BCUT2D eigenvalue weighted by Crippen LogP contribution is -2.03. The summed E-state index contributed by atoms with van der Waals surface area (Å²) in [6, 6.07) is 21.8. The van der Waals surface area contributed by atoms with Crippen molar-refractivity contribution in [1.82, 2.24) is 0 Å². The molecule has 22 heavy (non-hydrogen) atoms. The van der Waals surface area contributed by atoms with E-state index < -0.39 is 0 Å². The minimum absolute atomic E-state index is 0.298. The predicted molar refractivity (Wildman–Crippen MR) is 90.2 cm³/mol. The van der Waals surface area contributed by atoms with Gasteiger partial charge in [-0.1, -0.05) is 54.1 Å². The van der Waals surface area contributed by atoms with Crippen molar-refractivity contribution in [3.63, 3.8) is 0 Å². The minimum Gasteiger partial charge on any atom is -0.422 e. The predicted octanol–water partition coefficient (Wildman–Crippen LogP) is 4.92. The average Bonchev–Trinajstić information content (AvgIpc) is 2.54. The number of fused-ring (bicyclic) bond motifs is 2. The molecule has 2 heteroatoms. The molecule has 0 unspecified atom stereocenters. The molecule has 1 aromatic heterocycles. The topological polar surface area (TPSA) is 30.2 Å². The molecule has 0 fully saturated rings. The third-order valence-corrected chi connectivity index (χ3v) is 3.97. The fourth-order valence-corrected chi connectivity index (χ4v) is 2.89. The highest BCUT2D eigenvalue weighted by atomic mass is 16.4. The Morgan fingerprint density at radius 2 is 1.59 bits per heavy atom. The minimum atomic E-state index is -0.298. The molecule has 1 heterocycles. The maximum Gasteiger partial charge on any atom is 0.344 e. The van der Waals surface area contributed by atoms with E-state index >= 15 is 0 Å². The van der Waals surface area contributed by atoms with E-state index in [-0.39, 0.29) is 5.63 Å². The SMILES string of the molecule is Cc1ccc2oc(=O)c(-c3cccc4ccccc34)cc2c1. The molecule has 0 radical (unpaired) electrons. The summed E-state index contributed by atoms with van der Waals surface area (Å²) >= 11 is 0. The van der Waals surface area contributed by atoms with E-state index in [2.05, 4.69) is 0 Å². The fourth-order valence-electron chi connectivity index (χ4n) is 2.89. The van der Waals surface area contributed by atoms with Gasteiger partial charge in [-0.3, -0.25) is 0 Å². The van der Waals surface area contributed by atoms with Crippen molar-refractivity contribution in [2.75, 3.05) is 0 Å². The standard InChI is InChI=1S/C20H14O2/c1-13-9-10-19-15(11-13)12-18(20(21)22-19)17-8-4-6-14-5-2-3-7-16(14)17/h2-12H,1H3. The molecule has 0 aliphatic carbocycles. The molecule has 0 atom stereocenters. The van der Waals surface area contributed by atoms with Gasteiger partial charge in [-0.25, -0.2) is 4.79 Å². The van der Waals surface area contributed by atoms with E-state index in [0.29, 0.717) is 11.1 Å². The van der Waals surface area contributed by atoms with E-state index in [0.717, 1.165) is 27.3 Å². The van der Waals surface area contributed by atoms with Gasteiger partial charge in [0.2, 0.25) is 0 Å². The van der Waals surface area contributed by atoms with Gasteiger partial charge in [0.1, 0.15) is 5.58 Å². The molecule has 0 aliphatic rings. The van der Waals surface area contributed by atoms with Crippen LogP contribution in [0.5, 0.6) is 0 Å². The van der Waals surface area contributed by atoms with E-state index in [4.69, 9.17) is 4.42 Å². The van der Waals surface area contributed by atoms with Crippen LogP contribution < -0.4 is 5.63 Å². The van der Waals surface area contributed by atoms with Crippen molar-refractivity contribution in [2.45, 2.75) is 6.92 Å². The Hall–Kier alpha value is -2.87. The molecule has 0 saturated heterocycles. The second-order valence-corrected chi connectivity index (χ2v) is 5.52. The first kappa shape index (κ1) is 12.8. The van der Waals surface area contributed by atoms with Gasteiger partial charge < -0.3 is 4.42 Å². The van der Waals surface area contributed by atoms with Crippen LogP contribution in [-0.2, 0) is 0 Å². The summed E-state index contributed by atoms with van der Waals surface area (Å²) in [5, 5.41) is 3.12. The summed E-state index contributed by atoms with van der Waals surface area (Å²) in [7, 11) is 0. The lowest BCUT2D eigenvalue weighted by atomic mass is 9.98. The first-order chi connectivity index (χ1) is 10.7. The molecule has 0 amide bonds. The zero-order chi connectivity index (χ0) is 15.1. The molecule has 0 spiro atoms. The third kappa shape index (κ3) is 2.01. The average molecular weight is 286 g/mol. The van der Waals surface area contributed by atoms with Gasteiger partial charge in [0.05, 0.1) is 5.56 Å². The van der Waals surface area contributed by atoms with E-state index in [9.17, 15) is 4.79 Å². The second-order valence-electron chi connectivity index (χ2n) is 5.52. The Bertz CT molecular complexity index is 1050. The van der Waals surface area contributed by atoms with Crippen molar-refractivity contribution in [1.29, 1.82) is 0 Å². The number of aryl methyl sites for hydroxylation is 1. The van der Waals surface area contributed by atoms with Crippen molar-refractivity contribution in [3.8, 4) is 11.1 Å². The van der Waals surface area contributed by atoms with Gasteiger partial charge in [0, 0.05) is 5.39 Å². The van der Waals surface area contributed by atoms with Crippen LogP contribution in [0.1, 0.15) is 5.56 Å². The van der Waals surface area contributed by atoms with Gasteiger partial charge in [-0.05, 0) is 41.5 Å². The Morgan fingerprint density at radius 3 is 2.50 bits per heavy atom. The number of hydrogen-bond acceptors (Lipinski definition) is 2. The van der Waals surface area contributed by atoms with E-state index in [1.165, 1.54) is 0 Å². The maximum atomic E-state index is 12.4. The Balaban J connectivity index is 2.08. The lowest BCUT2D eigenvalue weighted by Gasteiger charge is -2.07. The summed E-state index contributed by atoms with van der Waals surface area (Å²) in [5.74, 6) is 0. The first-order valence-corrected chi connectivity index (χ1v) is 7.25. The van der Waals surface area contributed by atoms with Crippen LogP contribution in [0.3, 0.4) is 0 Å². The summed E-state index contributed by atoms with van der Waals surface area (Å²) in [4.78, 5) is 12.4. The lowest BCUT2D eigenvalue weighted by molar-refractivity contribution is 0.563. The summed E-state index contributed by atoms with van der Waals surface area (Å²) in [6.07, 6.45) is 0. The smallest absolute Gasteiger partial charge is 0.344 e. The molecular formula is C20H14O2. The summed E-state index contributed by atoms with van der Waals surface area (Å²) < 4.78 is 5.50. The highest BCUT2D eigenvalue weighted by molar-refractivity contribution is 5.97. The second kappa shape index (κ2) is 4.85. The van der Waals surface area contributed by atoms with Crippen LogP contribution in [0, 0.1) is 6.92 Å². The van der Waals surface area contributed by atoms with Crippen molar-refractivity contribution < 1.29 is 4.42 Å². The third-order valence-electron chi connectivity index (χ3n) is 3.97.